The highest BCUT2D eigenvalue weighted by Gasteiger charge is 2.18. The Morgan fingerprint density at radius 2 is 1.63 bits per heavy atom. The normalized spacial score (nSPS) is 11.7. The molecule has 0 radical (unpaired) electrons. The van der Waals surface area contributed by atoms with Crippen molar-refractivity contribution in [2.24, 2.45) is 0 Å². The molecular formula is C29H23ClN4O3S. The van der Waals surface area contributed by atoms with Crippen LogP contribution in [0.2, 0.25) is 5.02 Å². The summed E-state index contributed by atoms with van der Waals surface area (Å²) in [6.07, 6.45) is 1.41. The van der Waals surface area contributed by atoms with Gasteiger partial charge in [0, 0.05) is 5.02 Å². The Hall–Kier alpha value is -4.27. The fourth-order valence-electron chi connectivity index (χ4n) is 4.03. The topological polar surface area (TPSA) is 93.9 Å². The van der Waals surface area contributed by atoms with Crippen molar-refractivity contribution in [2.75, 3.05) is 0 Å². The van der Waals surface area contributed by atoms with Gasteiger partial charge in [-0.25, -0.2) is 23.1 Å². The summed E-state index contributed by atoms with van der Waals surface area (Å²) in [6.45, 7) is 2.22. The molecule has 0 aliphatic rings. The number of aryl methyl sites for hydroxylation is 1. The zero-order chi connectivity index (χ0) is 26.7. The minimum Gasteiger partial charge on any atom is -0.308 e. The smallest absolute Gasteiger partial charge is 0.283 e. The standard InChI is InChI=1S/C29H23ClN4O3S/c1-20-31-26-14-15-27(29(35)33-38(36,37)17-16-21-8-4-2-5-9-21)32-28(26)34(20)19-24-13-12-23(18-25(24)30)22-10-6-3-7-11-22/h2-18H,19H2,1H3,(H,33,35). The Kier molecular flexibility index (Phi) is 7.09. The second-order valence-electron chi connectivity index (χ2n) is 8.65. The highest BCUT2D eigenvalue weighted by Crippen LogP contribution is 2.27. The zero-order valence-corrected chi connectivity index (χ0v) is 21.9. The number of aromatic nitrogens is 3. The largest absolute Gasteiger partial charge is 0.308 e. The van der Waals surface area contributed by atoms with Gasteiger partial charge in [0.15, 0.2) is 5.65 Å². The maximum atomic E-state index is 12.8. The summed E-state index contributed by atoms with van der Waals surface area (Å²) < 4.78 is 28.8. The van der Waals surface area contributed by atoms with Crippen molar-refractivity contribution in [1.82, 2.24) is 19.3 Å². The summed E-state index contributed by atoms with van der Waals surface area (Å²) in [6, 6.07) is 27.9. The molecule has 5 aromatic rings. The number of rotatable bonds is 7. The van der Waals surface area contributed by atoms with Gasteiger partial charge in [0.1, 0.15) is 17.0 Å². The molecule has 5 rings (SSSR count). The molecule has 0 unspecified atom stereocenters. The summed E-state index contributed by atoms with van der Waals surface area (Å²) in [5.74, 6) is -0.146. The first-order valence-corrected chi connectivity index (χ1v) is 13.7. The summed E-state index contributed by atoms with van der Waals surface area (Å²) in [7, 11) is -4.03. The van der Waals surface area contributed by atoms with Gasteiger partial charge in [-0.15, -0.1) is 0 Å². The number of hydrogen-bond acceptors (Lipinski definition) is 5. The summed E-state index contributed by atoms with van der Waals surface area (Å²) >= 11 is 6.64. The van der Waals surface area contributed by atoms with E-state index in [-0.39, 0.29) is 5.69 Å². The minimum absolute atomic E-state index is 0.0409. The number of carbonyl (C=O) groups excluding carboxylic acids is 1. The van der Waals surface area contributed by atoms with E-state index in [1.54, 1.807) is 30.3 Å². The third-order valence-electron chi connectivity index (χ3n) is 5.98. The van der Waals surface area contributed by atoms with Gasteiger partial charge in [0.05, 0.1) is 12.0 Å². The SMILES string of the molecule is Cc1nc2ccc(C(=O)NS(=O)(=O)C=Cc3ccccc3)nc2n1Cc1ccc(-c2ccccc2)cc1Cl. The van der Waals surface area contributed by atoms with Gasteiger partial charge >= 0.3 is 0 Å². The second kappa shape index (κ2) is 10.6. The van der Waals surface area contributed by atoms with Crippen LogP contribution in [0, 0.1) is 6.92 Å². The van der Waals surface area contributed by atoms with Crippen LogP contribution in [0.3, 0.4) is 0 Å². The van der Waals surface area contributed by atoms with E-state index in [2.05, 4.69) is 9.97 Å². The molecule has 38 heavy (non-hydrogen) atoms. The molecule has 0 atom stereocenters. The van der Waals surface area contributed by atoms with Gasteiger partial charge in [0.25, 0.3) is 15.9 Å². The van der Waals surface area contributed by atoms with Crippen molar-refractivity contribution in [1.29, 1.82) is 0 Å². The monoisotopic (exact) mass is 542 g/mol. The number of pyridine rings is 1. The van der Waals surface area contributed by atoms with Crippen LogP contribution in [0.1, 0.15) is 27.4 Å². The molecule has 7 nitrogen and oxygen atoms in total. The van der Waals surface area contributed by atoms with Crippen LogP contribution < -0.4 is 4.72 Å². The highest BCUT2D eigenvalue weighted by atomic mass is 35.5. The Balaban J connectivity index is 1.39. The predicted molar refractivity (Wildman–Crippen MR) is 150 cm³/mol. The van der Waals surface area contributed by atoms with Crippen LogP contribution in [0.15, 0.2) is 96.4 Å². The van der Waals surface area contributed by atoms with Crippen molar-refractivity contribution in [3.05, 3.63) is 124 Å². The van der Waals surface area contributed by atoms with Gasteiger partial charge in [-0.3, -0.25) is 4.79 Å². The molecule has 1 amide bonds. The Morgan fingerprint density at radius 3 is 2.34 bits per heavy atom. The van der Waals surface area contributed by atoms with Gasteiger partial charge in [0.2, 0.25) is 0 Å². The lowest BCUT2D eigenvalue weighted by molar-refractivity contribution is 0.0977. The Labute approximate surface area is 225 Å². The third-order valence-corrected chi connectivity index (χ3v) is 7.29. The van der Waals surface area contributed by atoms with Crippen molar-refractivity contribution >= 4 is 44.8 Å². The molecule has 0 bridgehead atoms. The van der Waals surface area contributed by atoms with E-state index in [0.717, 1.165) is 22.1 Å². The number of fused-ring (bicyclic) bond motifs is 1. The zero-order valence-electron chi connectivity index (χ0n) is 20.4. The highest BCUT2D eigenvalue weighted by molar-refractivity contribution is 7.93. The minimum atomic E-state index is -4.03. The second-order valence-corrected chi connectivity index (χ2v) is 10.6. The number of halogens is 1. The summed E-state index contributed by atoms with van der Waals surface area (Å²) in [4.78, 5) is 21.8. The predicted octanol–water partition coefficient (Wildman–Crippen LogP) is 5.84. The quantitative estimate of drug-likeness (QED) is 0.279. The van der Waals surface area contributed by atoms with Gasteiger partial charge < -0.3 is 4.57 Å². The van der Waals surface area contributed by atoms with Crippen LogP contribution >= 0.6 is 11.6 Å². The lowest BCUT2D eigenvalue weighted by Gasteiger charge is -2.11. The lowest BCUT2D eigenvalue weighted by Crippen LogP contribution is -2.29. The van der Waals surface area contributed by atoms with Gasteiger partial charge in [-0.1, -0.05) is 84.4 Å². The number of carbonyl (C=O) groups is 1. The van der Waals surface area contributed by atoms with Crippen LogP contribution in [0.25, 0.3) is 28.4 Å². The molecule has 0 saturated carbocycles. The molecule has 0 spiro atoms. The maximum absolute atomic E-state index is 12.8. The van der Waals surface area contributed by atoms with Crippen molar-refractivity contribution in [3.8, 4) is 11.1 Å². The number of amides is 1. The number of benzene rings is 3. The molecule has 2 aromatic heterocycles. The maximum Gasteiger partial charge on any atom is 0.283 e. The van der Waals surface area contributed by atoms with Crippen molar-refractivity contribution < 1.29 is 13.2 Å². The number of nitrogens with one attached hydrogen (secondary N) is 1. The molecule has 0 fully saturated rings. The van der Waals surface area contributed by atoms with E-state index in [9.17, 15) is 13.2 Å². The first kappa shape index (κ1) is 25.4. The van der Waals surface area contributed by atoms with Gasteiger partial charge in [-0.05, 0) is 53.5 Å². The summed E-state index contributed by atoms with van der Waals surface area (Å²) in [5.41, 5.74) is 4.63. The molecule has 0 aliphatic carbocycles. The van der Waals surface area contributed by atoms with Crippen molar-refractivity contribution in [3.63, 3.8) is 0 Å². The van der Waals surface area contributed by atoms with Gasteiger partial charge in [-0.2, -0.15) is 0 Å². The van der Waals surface area contributed by atoms with Crippen LogP contribution in [-0.4, -0.2) is 28.9 Å². The molecular weight excluding hydrogens is 520 g/mol. The molecule has 9 heteroatoms. The van der Waals surface area contributed by atoms with E-state index in [1.807, 2.05) is 70.8 Å². The molecule has 1 N–H and O–H groups in total. The van der Waals surface area contributed by atoms with E-state index in [4.69, 9.17) is 11.6 Å². The first-order valence-electron chi connectivity index (χ1n) is 11.8. The first-order chi connectivity index (χ1) is 18.3. The molecule has 2 heterocycles. The average molecular weight is 543 g/mol. The van der Waals surface area contributed by atoms with E-state index in [0.29, 0.717) is 34.1 Å². The van der Waals surface area contributed by atoms with Crippen LogP contribution in [0.4, 0.5) is 0 Å². The molecule has 3 aromatic carbocycles. The fourth-order valence-corrected chi connectivity index (χ4v) is 5.04. The molecule has 0 aliphatic heterocycles. The average Bonchev–Trinajstić information content (AvgIpc) is 3.23. The lowest BCUT2D eigenvalue weighted by atomic mass is 10.0. The van der Waals surface area contributed by atoms with Crippen LogP contribution in [-0.2, 0) is 16.6 Å². The van der Waals surface area contributed by atoms with E-state index >= 15 is 0 Å². The van der Waals surface area contributed by atoms with Crippen LogP contribution in [0.5, 0.6) is 0 Å². The number of hydrogen-bond donors (Lipinski definition) is 1. The number of nitrogens with zero attached hydrogens (tertiary/aromatic N) is 3. The molecule has 190 valence electrons. The Bertz CT molecular complexity index is 1770. The van der Waals surface area contributed by atoms with Crippen molar-refractivity contribution in [2.45, 2.75) is 13.5 Å². The number of imidazole rings is 1. The third kappa shape index (κ3) is 5.66. The van der Waals surface area contributed by atoms with E-state index in [1.165, 1.54) is 12.1 Å². The Morgan fingerprint density at radius 1 is 0.921 bits per heavy atom. The van der Waals surface area contributed by atoms with E-state index < -0.39 is 15.9 Å². The fraction of sp³-hybridized carbons (Fsp3) is 0.0690. The summed E-state index contributed by atoms with van der Waals surface area (Å²) in [5, 5.41) is 1.55. The molecule has 0 saturated heterocycles. The number of sulfonamides is 1.